The molecule has 0 aromatic rings. The summed E-state index contributed by atoms with van der Waals surface area (Å²) in [5.41, 5.74) is 7.93. The van der Waals surface area contributed by atoms with Gasteiger partial charge in [-0.05, 0) is 31.7 Å². The summed E-state index contributed by atoms with van der Waals surface area (Å²) in [6.07, 6.45) is 9.06. The molecular weight excluding hydrogens is 160 g/mol. The summed E-state index contributed by atoms with van der Waals surface area (Å²) in [5.74, 6) is 0.630. The molecule has 1 saturated carbocycles. The van der Waals surface area contributed by atoms with Gasteiger partial charge >= 0.3 is 0 Å². The van der Waals surface area contributed by atoms with Crippen LogP contribution in [0.3, 0.4) is 0 Å². The van der Waals surface area contributed by atoms with E-state index in [0.29, 0.717) is 5.92 Å². The number of rotatable bonds is 5. The van der Waals surface area contributed by atoms with Crippen LogP contribution >= 0.6 is 0 Å². The number of hydrogen-bond acceptors (Lipinski definition) is 1. The fourth-order valence-corrected chi connectivity index (χ4v) is 2.07. The van der Waals surface area contributed by atoms with E-state index in [2.05, 4.69) is 12.2 Å². The summed E-state index contributed by atoms with van der Waals surface area (Å²) in [4.78, 5) is 0. The second-order valence-electron chi connectivity index (χ2n) is 4.18. The quantitative estimate of drug-likeness (QED) is 0.653. The van der Waals surface area contributed by atoms with Crippen molar-refractivity contribution in [3.8, 4) is 0 Å². The van der Waals surface area contributed by atoms with Gasteiger partial charge in [0, 0.05) is 0 Å². The van der Waals surface area contributed by atoms with Crippen molar-refractivity contribution in [3.05, 3.63) is 0 Å². The fraction of sp³-hybridized carbons (Fsp3) is 1.00. The van der Waals surface area contributed by atoms with Gasteiger partial charge in [-0.3, -0.25) is 0 Å². The Hall–Kier alpha value is -0.0800. The van der Waals surface area contributed by atoms with Crippen LogP contribution in [0.4, 0.5) is 0 Å². The van der Waals surface area contributed by atoms with Crippen molar-refractivity contribution in [2.75, 3.05) is 6.54 Å². The van der Waals surface area contributed by atoms with Gasteiger partial charge in [0.2, 0.25) is 0 Å². The van der Waals surface area contributed by atoms with E-state index in [9.17, 15) is 0 Å². The van der Waals surface area contributed by atoms with Gasteiger partial charge in [-0.1, -0.05) is 32.6 Å². The van der Waals surface area contributed by atoms with E-state index in [4.69, 9.17) is 5.73 Å². The first kappa shape index (κ1) is 11.0. The smallest absolute Gasteiger partial charge is 0.0733 e. The molecule has 2 N–H and O–H groups in total. The highest BCUT2D eigenvalue weighted by atomic mass is 15.0. The molecule has 2 nitrogen and oxygen atoms in total. The Kier molecular flexibility index (Phi) is 5.40. The average Bonchev–Trinajstić information content (AvgIpc) is 2.19. The SMILES string of the molecule is CCCCNC([NH])C1CCCCC1. The zero-order chi connectivity index (χ0) is 9.52. The molecule has 0 spiro atoms. The van der Waals surface area contributed by atoms with Crippen LogP contribution in [0.1, 0.15) is 51.9 Å². The van der Waals surface area contributed by atoms with Gasteiger partial charge in [0.05, 0.1) is 6.17 Å². The summed E-state index contributed by atoms with van der Waals surface area (Å²) in [6, 6.07) is 0. The molecule has 1 radical (unpaired) electrons. The lowest BCUT2D eigenvalue weighted by atomic mass is 9.87. The van der Waals surface area contributed by atoms with Crippen molar-refractivity contribution in [1.82, 2.24) is 11.1 Å². The van der Waals surface area contributed by atoms with E-state index < -0.39 is 0 Å². The highest BCUT2D eigenvalue weighted by molar-refractivity contribution is 4.74. The molecule has 0 saturated heterocycles. The second kappa shape index (κ2) is 6.39. The van der Waals surface area contributed by atoms with E-state index in [1.165, 1.54) is 44.9 Å². The topological polar surface area (TPSA) is 35.8 Å². The number of nitrogens with one attached hydrogen (secondary N) is 2. The molecule has 0 heterocycles. The Morgan fingerprint density at radius 1 is 1.31 bits per heavy atom. The first-order chi connectivity index (χ1) is 6.34. The minimum absolute atomic E-state index is 0.00634. The second-order valence-corrected chi connectivity index (χ2v) is 4.18. The molecule has 0 bridgehead atoms. The molecule has 0 aliphatic heterocycles. The van der Waals surface area contributed by atoms with Gasteiger partial charge in [-0.2, -0.15) is 0 Å². The molecular formula is C11H23N2. The zero-order valence-electron chi connectivity index (χ0n) is 8.81. The monoisotopic (exact) mass is 183 g/mol. The van der Waals surface area contributed by atoms with Crippen LogP contribution in [0.5, 0.6) is 0 Å². The minimum atomic E-state index is 0.00634. The predicted molar refractivity (Wildman–Crippen MR) is 56.4 cm³/mol. The van der Waals surface area contributed by atoms with Crippen LogP contribution in [0.2, 0.25) is 0 Å². The third kappa shape index (κ3) is 4.10. The van der Waals surface area contributed by atoms with Crippen LogP contribution in [0.15, 0.2) is 0 Å². The van der Waals surface area contributed by atoms with Gasteiger partial charge < -0.3 is 5.32 Å². The third-order valence-corrected chi connectivity index (χ3v) is 3.02. The Morgan fingerprint density at radius 2 is 2.00 bits per heavy atom. The lowest BCUT2D eigenvalue weighted by Gasteiger charge is -2.27. The van der Waals surface area contributed by atoms with Gasteiger partial charge in [-0.15, -0.1) is 0 Å². The summed E-state index contributed by atoms with van der Waals surface area (Å²) in [7, 11) is 0. The maximum absolute atomic E-state index is 7.93. The van der Waals surface area contributed by atoms with Crippen LogP contribution < -0.4 is 11.1 Å². The van der Waals surface area contributed by atoms with Crippen LogP contribution in [-0.2, 0) is 0 Å². The molecule has 1 aliphatic rings. The molecule has 0 aromatic carbocycles. The lowest BCUT2D eigenvalue weighted by Crippen LogP contribution is -2.38. The van der Waals surface area contributed by atoms with Crippen molar-refractivity contribution in [2.45, 2.75) is 58.0 Å². The minimum Gasteiger partial charge on any atom is -0.301 e. The molecule has 2 heteroatoms. The zero-order valence-corrected chi connectivity index (χ0v) is 8.81. The summed E-state index contributed by atoms with van der Waals surface area (Å²) >= 11 is 0. The highest BCUT2D eigenvalue weighted by Crippen LogP contribution is 2.25. The van der Waals surface area contributed by atoms with E-state index in [1.807, 2.05) is 0 Å². The maximum Gasteiger partial charge on any atom is 0.0733 e. The van der Waals surface area contributed by atoms with Gasteiger partial charge in [0.15, 0.2) is 0 Å². The van der Waals surface area contributed by atoms with Crippen LogP contribution in [0, 0.1) is 5.92 Å². The lowest BCUT2D eigenvalue weighted by molar-refractivity contribution is 0.266. The Labute approximate surface area is 82.3 Å². The van der Waals surface area contributed by atoms with Crippen molar-refractivity contribution in [1.29, 1.82) is 0 Å². The summed E-state index contributed by atoms with van der Waals surface area (Å²) in [5, 5.41) is 3.32. The normalized spacial score (nSPS) is 21.7. The molecule has 0 amide bonds. The van der Waals surface area contributed by atoms with E-state index in [-0.39, 0.29) is 6.17 Å². The molecule has 1 fully saturated rings. The molecule has 1 unspecified atom stereocenters. The molecule has 1 aliphatic carbocycles. The largest absolute Gasteiger partial charge is 0.301 e. The third-order valence-electron chi connectivity index (χ3n) is 3.02. The van der Waals surface area contributed by atoms with Crippen LogP contribution in [-0.4, -0.2) is 12.7 Å². The van der Waals surface area contributed by atoms with E-state index in [0.717, 1.165) is 6.54 Å². The molecule has 77 valence electrons. The van der Waals surface area contributed by atoms with Gasteiger partial charge in [0.1, 0.15) is 0 Å². The Morgan fingerprint density at radius 3 is 2.62 bits per heavy atom. The summed E-state index contributed by atoms with van der Waals surface area (Å²) < 4.78 is 0. The predicted octanol–water partition coefficient (Wildman–Crippen LogP) is 2.57. The van der Waals surface area contributed by atoms with Gasteiger partial charge in [0.25, 0.3) is 0 Å². The number of unbranched alkanes of at least 4 members (excludes halogenated alkanes) is 1. The van der Waals surface area contributed by atoms with Crippen molar-refractivity contribution in [2.24, 2.45) is 5.92 Å². The maximum atomic E-state index is 7.93. The molecule has 1 rings (SSSR count). The first-order valence-corrected chi connectivity index (χ1v) is 5.79. The van der Waals surface area contributed by atoms with Gasteiger partial charge in [-0.25, -0.2) is 5.73 Å². The molecule has 0 aromatic heterocycles. The summed E-state index contributed by atoms with van der Waals surface area (Å²) in [6.45, 7) is 3.22. The van der Waals surface area contributed by atoms with Crippen molar-refractivity contribution in [3.63, 3.8) is 0 Å². The van der Waals surface area contributed by atoms with Crippen molar-refractivity contribution >= 4 is 0 Å². The average molecular weight is 183 g/mol. The Balaban J connectivity index is 2.09. The van der Waals surface area contributed by atoms with Crippen molar-refractivity contribution < 1.29 is 0 Å². The Bertz CT molecular complexity index is 119. The molecule has 1 atom stereocenters. The number of hydrogen-bond donors (Lipinski definition) is 1. The molecule has 13 heavy (non-hydrogen) atoms. The van der Waals surface area contributed by atoms with E-state index in [1.54, 1.807) is 0 Å². The van der Waals surface area contributed by atoms with Crippen LogP contribution in [0.25, 0.3) is 0 Å². The first-order valence-electron chi connectivity index (χ1n) is 5.79. The standard InChI is InChI=1S/C11H23N2/c1-2-3-9-13-11(12)10-7-5-4-6-8-10/h10-13H,2-9H2,1H3. The van der Waals surface area contributed by atoms with E-state index >= 15 is 0 Å². The highest BCUT2D eigenvalue weighted by Gasteiger charge is 2.19. The fourth-order valence-electron chi connectivity index (χ4n) is 2.07.